The summed E-state index contributed by atoms with van der Waals surface area (Å²) < 4.78 is 68.7. The van der Waals surface area contributed by atoms with Gasteiger partial charge in [0.2, 0.25) is 0 Å². The number of hydrogen-bond donors (Lipinski definition) is 1. The fraction of sp³-hybridized carbons (Fsp3) is 0.250. The standard InChI is InChI=1S/C20H15ClF5N3/c21-15-7-4-11(20(24,25)26)9-17(15)29-19-14(3-1-2-8-27-19)18(28-29)13-6-5-12(22)10-16(13)23/h4-7,9-10,27H,1-3,8H2. The molecule has 3 aromatic rings. The van der Waals surface area contributed by atoms with E-state index in [0.717, 1.165) is 43.2 Å². The van der Waals surface area contributed by atoms with Crippen LogP contribution in [0.1, 0.15) is 24.0 Å². The van der Waals surface area contributed by atoms with Gasteiger partial charge in [-0.3, -0.25) is 0 Å². The van der Waals surface area contributed by atoms with Crippen LogP contribution in [0.5, 0.6) is 0 Å². The molecule has 152 valence electrons. The van der Waals surface area contributed by atoms with E-state index in [2.05, 4.69) is 10.4 Å². The number of fused-ring (bicyclic) bond motifs is 1. The first-order valence-electron chi connectivity index (χ1n) is 8.94. The number of halogens is 6. The Morgan fingerprint density at radius 1 is 1.03 bits per heavy atom. The topological polar surface area (TPSA) is 29.9 Å². The van der Waals surface area contributed by atoms with Gasteiger partial charge in [0.15, 0.2) is 0 Å². The number of rotatable bonds is 2. The van der Waals surface area contributed by atoms with Crippen LogP contribution in [-0.2, 0) is 12.6 Å². The van der Waals surface area contributed by atoms with Gasteiger partial charge in [0.1, 0.15) is 23.1 Å². The molecule has 0 saturated heterocycles. The van der Waals surface area contributed by atoms with Gasteiger partial charge >= 0.3 is 6.18 Å². The number of nitrogens with one attached hydrogen (secondary N) is 1. The number of alkyl halides is 3. The molecule has 9 heteroatoms. The van der Waals surface area contributed by atoms with Crippen LogP contribution in [0, 0.1) is 11.6 Å². The van der Waals surface area contributed by atoms with Gasteiger partial charge in [0, 0.05) is 23.7 Å². The van der Waals surface area contributed by atoms with Crippen molar-refractivity contribution in [2.75, 3.05) is 11.9 Å². The molecule has 4 rings (SSSR count). The van der Waals surface area contributed by atoms with Crippen molar-refractivity contribution in [2.45, 2.75) is 25.4 Å². The van der Waals surface area contributed by atoms with Crippen molar-refractivity contribution in [1.82, 2.24) is 9.78 Å². The Labute approximate surface area is 168 Å². The highest BCUT2D eigenvalue weighted by atomic mass is 35.5. The Kier molecular flexibility index (Phi) is 4.98. The zero-order valence-corrected chi connectivity index (χ0v) is 15.7. The zero-order chi connectivity index (χ0) is 20.8. The van der Waals surface area contributed by atoms with Gasteiger partial charge < -0.3 is 5.32 Å². The summed E-state index contributed by atoms with van der Waals surface area (Å²) in [7, 11) is 0. The Hall–Kier alpha value is -2.61. The van der Waals surface area contributed by atoms with Gasteiger partial charge in [-0.2, -0.15) is 18.3 Å². The van der Waals surface area contributed by atoms with Crippen LogP contribution in [0.25, 0.3) is 16.9 Å². The molecule has 1 aromatic heterocycles. The van der Waals surface area contributed by atoms with E-state index < -0.39 is 23.4 Å². The summed E-state index contributed by atoms with van der Waals surface area (Å²) in [6, 6.07) is 6.10. The summed E-state index contributed by atoms with van der Waals surface area (Å²) in [5, 5.41) is 7.62. The number of hydrogen-bond acceptors (Lipinski definition) is 2. The lowest BCUT2D eigenvalue weighted by molar-refractivity contribution is -0.137. The van der Waals surface area contributed by atoms with E-state index in [0.29, 0.717) is 24.3 Å². The maximum atomic E-state index is 14.4. The first kappa shape index (κ1) is 19.7. The van der Waals surface area contributed by atoms with Crippen LogP contribution in [0.15, 0.2) is 36.4 Å². The minimum Gasteiger partial charge on any atom is -0.370 e. The lowest BCUT2D eigenvalue weighted by Crippen LogP contribution is -2.10. The molecule has 0 radical (unpaired) electrons. The summed E-state index contributed by atoms with van der Waals surface area (Å²) in [5.74, 6) is -1.06. The van der Waals surface area contributed by atoms with Crippen molar-refractivity contribution in [1.29, 1.82) is 0 Å². The largest absolute Gasteiger partial charge is 0.416 e. The molecule has 1 aliphatic rings. The highest BCUT2D eigenvalue weighted by Gasteiger charge is 2.32. The van der Waals surface area contributed by atoms with Gasteiger partial charge in [-0.15, -0.1) is 0 Å². The van der Waals surface area contributed by atoms with Crippen LogP contribution < -0.4 is 5.32 Å². The predicted molar refractivity (Wildman–Crippen MR) is 100 cm³/mol. The Morgan fingerprint density at radius 2 is 1.83 bits per heavy atom. The molecule has 2 heterocycles. The van der Waals surface area contributed by atoms with Gasteiger partial charge in [0.25, 0.3) is 0 Å². The molecular weight excluding hydrogens is 413 g/mol. The van der Waals surface area contributed by atoms with E-state index in [1.807, 2.05) is 0 Å². The first-order chi connectivity index (χ1) is 13.8. The van der Waals surface area contributed by atoms with E-state index >= 15 is 0 Å². The predicted octanol–water partition coefficient (Wildman–Crippen LogP) is 6.24. The fourth-order valence-corrected chi connectivity index (χ4v) is 3.62. The molecule has 3 nitrogen and oxygen atoms in total. The second-order valence-corrected chi connectivity index (χ2v) is 7.17. The average molecular weight is 428 g/mol. The maximum Gasteiger partial charge on any atom is 0.416 e. The molecule has 0 saturated carbocycles. The minimum absolute atomic E-state index is 0.0286. The molecule has 0 amide bonds. The van der Waals surface area contributed by atoms with E-state index in [9.17, 15) is 22.0 Å². The third-order valence-corrected chi connectivity index (χ3v) is 5.14. The normalized spacial score (nSPS) is 14.3. The van der Waals surface area contributed by atoms with Crippen molar-refractivity contribution >= 4 is 17.4 Å². The van der Waals surface area contributed by atoms with Crippen LogP contribution in [0.3, 0.4) is 0 Å². The molecule has 1 aliphatic heterocycles. The van der Waals surface area contributed by atoms with Crippen molar-refractivity contribution in [2.24, 2.45) is 0 Å². The SMILES string of the molecule is Fc1ccc(-c2nn(-c3cc(C(F)(F)F)ccc3Cl)c3c2CCCCN3)c(F)c1. The quantitative estimate of drug-likeness (QED) is 0.491. The summed E-state index contributed by atoms with van der Waals surface area (Å²) >= 11 is 6.19. The summed E-state index contributed by atoms with van der Waals surface area (Å²) in [6.45, 7) is 0.584. The summed E-state index contributed by atoms with van der Waals surface area (Å²) in [6.07, 6.45) is -2.39. The van der Waals surface area contributed by atoms with E-state index in [4.69, 9.17) is 11.6 Å². The Balaban J connectivity index is 1.95. The van der Waals surface area contributed by atoms with Crippen molar-refractivity contribution in [3.8, 4) is 16.9 Å². The van der Waals surface area contributed by atoms with Gasteiger partial charge in [0.05, 0.1) is 16.3 Å². The average Bonchev–Trinajstić information content (AvgIpc) is 2.83. The molecule has 0 aliphatic carbocycles. The lowest BCUT2D eigenvalue weighted by Gasteiger charge is -2.13. The zero-order valence-electron chi connectivity index (χ0n) is 15.0. The number of nitrogens with zero attached hydrogens (tertiary/aromatic N) is 2. The monoisotopic (exact) mass is 427 g/mol. The Bertz CT molecular complexity index is 1070. The van der Waals surface area contributed by atoms with Gasteiger partial charge in [-0.25, -0.2) is 13.5 Å². The highest BCUT2D eigenvalue weighted by Crippen LogP contribution is 2.38. The Morgan fingerprint density at radius 3 is 2.55 bits per heavy atom. The summed E-state index contributed by atoms with van der Waals surface area (Å²) in [4.78, 5) is 0. The molecule has 29 heavy (non-hydrogen) atoms. The second-order valence-electron chi connectivity index (χ2n) is 6.76. The molecule has 0 unspecified atom stereocenters. The van der Waals surface area contributed by atoms with Gasteiger partial charge in [-0.05, 0) is 49.6 Å². The molecule has 0 bridgehead atoms. The second kappa shape index (κ2) is 7.33. The molecular formula is C20H15ClF5N3. The minimum atomic E-state index is -4.55. The van der Waals surface area contributed by atoms with E-state index in [-0.39, 0.29) is 22.0 Å². The smallest absolute Gasteiger partial charge is 0.370 e. The third-order valence-electron chi connectivity index (χ3n) is 4.82. The summed E-state index contributed by atoms with van der Waals surface area (Å²) in [5.41, 5.74) is 0.139. The van der Waals surface area contributed by atoms with E-state index in [1.165, 1.54) is 10.7 Å². The third kappa shape index (κ3) is 3.69. The van der Waals surface area contributed by atoms with Gasteiger partial charge in [-0.1, -0.05) is 11.6 Å². The molecule has 0 atom stereocenters. The lowest BCUT2D eigenvalue weighted by atomic mass is 10.0. The molecule has 1 N–H and O–H groups in total. The first-order valence-corrected chi connectivity index (χ1v) is 9.32. The molecule has 0 fully saturated rings. The van der Waals surface area contributed by atoms with Crippen LogP contribution in [-0.4, -0.2) is 16.3 Å². The number of benzene rings is 2. The van der Waals surface area contributed by atoms with Crippen molar-refractivity contribution in [3.05, 3.63) is 64.2 Å². The van der Waals surface area contributed by atoms with Crippen LogP contribution in [0.4, 0.5) is 27.8 Å². The van der Waals surface area contributed by atoms with E-state index in [1.54, 1.807) is 0 Å². The fourth-order valence-electron chi connectivity index (χ4n) is 3.43. The van der Waals surface area contributed by atoms with Crippen molar-refractivity contribution in [3.63, 3.8) is 0 Å². The maximum absolute atomic E-state index is 14.4. The number of anilines is 1. The van der Waals surface area contributed by atoms with Crippen molar-refractivity contribution < 1.29 is 22.0 Å². The highest BCUT2D eigenvalue weighted by molar-refractivity contribution is 6.32. The van der Waals surface area contributed by atoms with Crippen LogP contribution >= 0.6 is 11.6 Å². The number of aromatic nitrogens is 2. The van der Waals surface area contributed by atoms with Crippen LogP contribution in [0.2, 0.25) is 5.02 Å². The molecule has 0 spiro atoms. The molecule has 2 aromatic carbocycles.